The van der Waals surface area contributed by atoms with Gasteiger partial charge in [0.05, 0.1) is 25.1 Å². The molecule has 2 aromatic rings. The van der Waals surface area contributed by atoms with E-state index in [2.05, 4.69) is 39.7 Å². The number of amides is 1. The maximum Gasteiger partial charge on any atom is 0.317 e. The first kappa shape index (κ1) is 20.4. The first-order valence-electron chi connectivity index (χ1n) is 9.38. The Balaban J connectivity index is 1.71. The van der Waals surface area contributed by atoms with E-state index < -0.39 is 14.0 Å². The van der Waals surface area contributed by atoms with Crippen LogP contribution in [0.25, 0.3) is 0 Å². The lowest BCUT2D eigenvalue weighted by Crippen LogP contribution is -2.37. The first-order chi connectivity index (χ1) is 13.4. The Hall–Kier alpha value is -2.30. The highest BCUT2D eigenvalue weighted by atomic mass is 28.3. The molecule has 1 amide bonds. The maximum atomic E-state index is 12.8. The monoisotopic (exact) mass is 405 g/mol. The Labute approximate surface area is 165 Å². The molecule has 0 aromatic carbocycles. The van der Waals surface area contributed by atoms with Crippen molar-refractivity contribution < 1.29 is 18.7 Å². The number of anilines is 2. The summed E-state index contributed by atoms with van der Waals surface area (Å²) >= 11 is 0. The van der Waals surface area contributed by atoms with E-state index >= 15 is 0 Å². The molecule has 0 radical (unpaired) electrons. The standard InChI is InChI=1S/C18H27N5O4Si/c1-28(2,3)11-10-26-14-23(18(24)17-21-20-13-27-17)15-4-5-16(19-12-15)22-6-8-25-9-7-22/h4-5,12-13H,6-11,14H2,1-3H3. The van der Waals surface area contributed by atoms with Crippen molar-refractivity contribution in [2.45, 2.75) is 25.7 Å². The minimum absolute atomic E-state index is 0.0777. The van der Waals surface area contributed by atoms with Gasteiger partial charge in [-0.25, -0.2) is 4.98 Å². The van der Waals surface area contributed by atoms with Gasteiger partial charge in [-0.2, -0.15) is 0 Å². The molecule has 0 bridgehead atoms. The van der Waals surface area contributed by atoms with Crippen molar-refractivity contribution in [1.82, 2.24) is 15.2 Å². The SMILES string of the molecule is C[Si](C)(C)CCOCN(C(=O)c1nnco1)c1ccc(N2CCOCC2)nc1. The Bertz CT molecular complexity index is 742. The number of pyridine rings is 1. The van der Waals surface area contributed by atoms with E-state index in [1.54, 1.807) is 6.20 Å². The second-order valence-corrected chi connectivity index (χ2v) is 13.4. The molecule has 28 heavy (non-hydrogen) atoms. The van der Waals surface area contributed by atoms with E-state index in [1.807, 2.05) is 12.1 Å². The highest BCUT2D eigenvalue weighted by molar-refractivity contribution is 6.76. The number of carbonyl (C=O) groups excluding carboxylic acids is 1. The second kappa shape index (κ2) is 9.26. The van der Waals surface area contributed by atoms with Gasteiger partial charge in [-0.1, -0.05) is 19.6 Å². The van der Waals surface area contributed by atoms with Crippen molar-refractivity contribution in [3.63, 3.8) is 0 Å². The van der Waals surface area contributed by atoms with Crippen LogP contribution in [0.2, 0.25) is 25.7 Å². The maximum absolute atomic E-state index is 12.8. The van der Waals surface area contributed by atoms with Crippen LogP contribution in [0.5, 0.6) is 0 Å². The Kier molecular flexibility index (Phi) is 6.76. The summed E-state index contributed by atoms with van der Waals surface area (Å²) in [6, 6.07) is 4.77. The summed E-state index contributed by atoms with van der Waals surface area (Å²) in [5.41, 5.74) is 0.619. The first-order valence-corrected chi connectivity index (χ1v) is 13.1. The van der Waals surface area contributed by atoms with E-state index in [0.29, 0.717) is 25.5 Å². The summed E-state index contributed by atoms with van der Waals surface area (Å²) in [7, 11) is -1.21. The molecule has 1 aliphatic heterocycles. The molecule has 2 aromatic heterocycles. The van der Waals surface area contributed by atoms with E-state index in [4.69, 9.17) is 13.9 Å². The number of hydrogen-bond donors (Lipinski definition) is 0. The zero-order valence-corrected chi connectivity index (χ0v) is 17.6. The average Bonchev–Trinajstić information content (AvgIpc) is 3.23. The van der Waals surface area contributed by atoms with Crippen molar-refractivity contribution in [1.29, 1.82) is 0 Å². The van der Waals surface area contributed by atoms with Crippen molar-refractivity contribution in [2.24, 2.45) is 0 Å². The molecular formula is C18H27N5O4Si. The quantitative estimate of drug-likeness (QED) is 0.375. The number of aromatic nitrogens is 3. The molecule has 1 saturated heterocycles. The minimum atomic E-state index is -1.21. The number of morpholine rings is 1. The molecule has 3 rings (SSSR count). The molecule has 10 heteroatoms. The van der Waals surface area contributed by atoms with Gasteiger partial charge in [-0.15, -0.1) is 10.2 Å². The average molecular weight is 406 g/mol. The van der Waals surface area contributed by atoms with Crippen LogP contribution in [0, 0.1) is 0 Å². The summed E-state index contributed by atoms with van der Waals surface area (Å²) < 4.78 is 16.2. The van der Waals surface area contributed by atoms with Gasteiger partial charge in [0.2, 0.25) is 6.39 Å². The molecule has 0 aliphatic carbocycles. The summed E-state index contributed by atoms with van der Waals surface area (Å²) in [5.74, 6) is 0.370. The van der Waals surface area contributed by atoms with E-state index in [1.165, 1.54) is 4.90 Å². The van der Waals surface area contributed by atoms with Crippen molar-refractivity contribution in [3.05, 3.63) is 30.6 Å². The van der Waals surface area contributed by atoms with Crippen LogP contribution in [0.1, 0.15) is 10.7 Å². The lowest BCUT2D eigenvalue weighted by atomic mass is 10.3. The predicted molar refractivity (Wildman–Crippen MR) is 107 cm³/mol. The number of carbonyl (C=O) groups is 1. The fraction of sp³-hybridized carbons (Fsp3) is 0.556. The third kappa shape index (κ3) is 5.60. The summed E-state index contributed by atoms with van der Waals surface area (Å²) in [6.07, 6.45) is 2.80. The van der Waals surface area contributed by atoms with E-state index in [0.717, 1.165) is 31.3 Å². The molecule has 0 atom stereocenters. The third-order valence-corrected chi connectivity index (χ3v) is 6.09. The van der Waals surface area contributed by atoms with E-state index in [9.17, 15) is 4.79 Å². The van der Waals surface area contributed by atoms with Crippen LogP contribution in [0.4, 0.5) is 11.5 Å². The van der Waals surface area contributed by atoms with Gasteiger partial charge >= 0.3 is 11.8 Å². The highest BCUT2D eigenvalue weighted by Gasteiger charge is 2.24. The molecule has 3 heterocycles. The molecule has 1 aliphatic rings. The molecule has 1 fully saturated rings. The normalized spacial score (nSPS) is 14.9. The minimum Gasteiger partial charge on any atom is -0.420 e. The van der Waals surface area contributed by atoms with Gasteiger partial charge in [0.15, 0.2) is 0 Å². The van der Waals surface area contributed by atoms with Crippen molar-refractivity contribution in [3.8, 4) is 0 Å². The van der Waals surface area contributed by atoms with Crippen LogP contribution in [0.3, 0.4) is 0 Å². The fourth-order valence-electron chi connectivity index (χ4n) is 2.68. The molecule has 152 valence electrons. The zero-order valence-electron chi connectivity index (χ0n) is 16.6. The number of nitrogens with zero attached hydrogens (tertiary/aromatic N) is 5. The Morgan fingerprint density at radius 1 is 1.29 bits per heavy atom. The predicted octanol–water partition coefficient (Wildman–Crippen LogP) is 2.26. The van der Waals surface area contributed by atoms with Crippen molar-refractivity contribution in [2.75, 3.05) is 49.4 Å². The van der Waals surface area contributed by atoms with Crippen LogP contribution >= 0.6 is 0 Å². The Morgan fingerprint density at radius 2 is 2.07 bits per heavy atom. The number of hydrogen-bond acceptors (Lipinski definition) is 8. The van der Waals surface area contributed by atoms with Crippen LogP contribution in [0.15, 0.2) is 29.1 Å². The molecule has 9 nitrogen and oxygen atoms in total. The lowest BCUT2D eigenvalue weighted by molar-refractivity contribution is 0.0868. The topological polar surface area (TPSA) is 93.8 Å². The largest absolute Gasteiger partial charge is 0.420 e. The number of rotatable bonds is 8. The highest BCUT2D eigenvalue weighted by Crippen LogP contribution is 2.20. The number of ether oxygens (including phenoxy) is 2. The third-order valence-electron chi connectivity index (χ3n) is 4.38. The van der Waals surface area contributed by atoms with Crippen molar-refractivity contribution >= 4 is 25.5 Å². The smallest absolute Gasteiger partial charge is 0.317 e. The molecule has 0 spiro atoms. The fourth-order valence-corrected chi connectivity index (χ4v) is 3.44. The van der Waals surface area contributed by atoms with Gasteiger partial charge in [-0.3, -0.25) is 9.69 Å². The van der Waals surface area contributed by atoms with Crippen LogP contribution < -0.4 is 9.80 Å². The second-order valence-electron chi connectivity index (χ2n) is 7.80. The molecule has 0 saturated carbocycles. The van der Waals surface area contributed by atoms with Gasteiger partial charge < -0.3 is 18.8 Å². The summed E-state index contributed by atoms with van der Waals surface area (Å²) in [5, 5.41) is 7.31. The molecule has 0 unspecified atom stereocenters. The van der Waals surface area contributed by atoms with Gasteiger partial charge in [0, 0.05) is 27.8 Å². The van der Waals surface area contributed by atoms with Gasteiger partial charge in [0.25, 0.3) is 0 Å². The van der Waals surface area contributed by atoms with Crippen LogP contribution in [-0.2, 0) is 9.47 Å². The lowest BCUT2D eigenvalue weighted by Gasteiger charge is -2.28. The van der Waals surface area contributed by atoms with Crippen LogP contribution in [-0.4, -0.2) is 68.8 Å². The van der Waals surface area contributed by atoms with Gasteiger partial charge in [-0.05, 0) is 18.2 Å². The van der Waals surface area contributed by atoms with E-state index in [-0.39, 0.29) is 12.6 Å². The molecule has 0 N–H and O–H groups in total. The zero-order chi connectivity index (χ0) is 20.0. The summed E-state index contributed by atoms with van der Waals surface area (Å²) in [6.45, 7) is 10.5. The Morgan fingerprint density at radius 3 is 2.68 bits per heavy atom. The molecular weight excluding hydrogens is 378 g/mol. The van der Waals surface area contributed by atoms with Gasteiger partial charge in [0.1, 0.15) is 12.5 Å². The summed E-state index contributed by atoms with van der Waals surface area (Å²) in [4.78, 5) is 20.9.